The van der Waals surface area contributed by atoms with E-state index in [-0.39, 0.29) is 25.3 Å². The van der Waals surface area contributed by atoms with Crippen molar-refractivity contribution in [1.82, 2.24) is 0 Å². The van der Waals surface area contributed by atoms with Gasteiger partial charge in [0.15, 0.2) is 0 Å². The molecule has 3 heteroatoms. The van der Waals surface area contributed by atoms with Crippen LogP contribution < -0.4 is 0 Å². The largest absolute Gasteiger partial charge is 0.393 e. The van der Waals surface area contributed by atoms with Gasteiger partial charge in [0, 0.05) is 0 Å². The van der Waals surface area contributed by atoms with Crippen molar-refractivity contribution in [2.75, 3.05) is 0 Å². The second kappa shape index (κ2) is 24.8. The highest BCUT2D eigenvalue weighted by molar-refractivity contribution is 5.94. The minimum absolute atomic E-state index is 0. The number of carbonyl (C=O) groups excluding carboxylic acids is 2. The van der Waals surface area contributed by atoms with Gasteiger partial charge in [-0.25, -0.2) is 0 Å². The molecular weight excluding hydrogens is 432 g/mol. The number of unbranched alkanes of at least 4 members (excludes halogenated alkanes) is 20. The SMILES string of the molecule is C.CCCCCCCCCCCCCC(CCCCCCCCCCCCC)C1CC(=O)OC1=O. The van der Waals surface area contributed by atoms with E-state index < -0.39 is 0 Å². The van der Waals surface area contributed by atoms with Crippen LogP contribution in [0.3, 0.4) is 0 Å². The third-order valence-electron chi connectivity index (χ3n) is 7.83. The third kappa shape index (κ3) is 19.0. The van der Waals surface area contributed by atoms with E-state index in [1.807, 2.05) is 0 Å². The summed E-state index contributed by atoms with van der Waals surface area (Å²) in [4.78, 5) is 23.8. The van der Waals surface area contributed by atoms with Crippen LogP contribution in [0.2, 0.25) is 0 Å². The molecule has 0 N–H and O–H groups in total. The Morgan fingerprint density at radius 3 is 1.17 bits per heavy atom. The van der Waals surface area contributed by atoms with Gasteiger partial charge >= 0.3 is 11.9 Å². The lowest BCUT2D eigenvalue weighted by atomic mass is 9.82. The van der Waals surface area contributed by atoms with Crippen molar-refractivity contribution in [2.45, 2.75) is 182 Å². The highest BCUT2D eigenvalue weighted by Crippen LogP contribution is 2.32. The smallest absolute Gasteiger partial charge is 0.317 e. The van der Waals surface area contributed by atoms with E-state index in [0.29, 0.717) is 12.3 Å². The van der Waals surface area contributed by atoms with Crippen LogP contribution in [-0.2, 0) is 14.3 Å². The summed E-state index contributed by atoms with van der Waals surface area (Å²) in [5.74, 6) is -0.381. The molecule has 0 saturated carbocycles. The molecule has 0 spiro atoms. The highest BCUT2D eigenvalue weighted by Gasteiger charge is 2.38. The molecule has 0 aromatic rings. The van der Waals surface area contributed by atoms with Crippen molar-refractivity contribution in [3.8, 4) is 0 Å². The number of esters is 2. The Labute approximate surface area is 219 Å². The molecule has 0 radical (unpaired) electrons. The standard InChI is InChI=1S/C31H58O3.CH4/c1-3-5-7-9-11-13-15-17-19-21-23-25-28(29-27-30(32)34-31(29)33)26-24-22-20-18-16-14-12-10-8-6-4-2;/h28-29H,3-27H2,1-2H3;1H4. The van der Waals surface area contributed by atoms with E-state index in [1.165, 1.54) is 141 Å². The number of rotatable bonds is 25. The third-order valence-corrected chi connectivity index (χ3v) is 7.83. The van der Waals surface area contributed by atoms with E-state index in [1.54, 1.807) is 0 Å². The van der Waals surface area contributed by atoms with Gasteiger partial charge in [-0.3, -0.25) is 9.59 Å². The van der Waals surface area contributed by atoms with Crippen molar-refractivity contribution >= 4 is 11.9 Å². The van der Waals surface area contributed by atoms with Gasteiger partial charge in [-0.15, -0.1) is 0 Å². The molecule has 1 fully saturated rings. The Bertz CT molecular complexity index is 461. The van der Waals surface area contributed by atoms with E-state index in [0.717, 1.165) is 12.8 Å². The van der Waals surface area contributed by atoms with Crippen molar-refractivity contribution in [1.29, 1.82) is 0 Å². The molecule has 1 aliphatic rings. The summed E-state index contributed by atoms with van der Waals surface area (Å²) in [6, 6.07) is 0. The zero-order valence-electron chi connectivity index (χ0n) is 23.1. The average Bonchev–Trinajstić information content (AvgIpc) is 3.17. The van der Waals surface area contributed by atoms with E-state index in [4.69, 9.17) is 4.74 Å². The molecule has 35 heavy (non-hydrogen) atoms. The van der Waals surface area contributed by atoms with Crippen LogP contribution in [0.25, 0.3) is 0 Å². The topological polar surface area (TPSA) is 43.4 Å². The Hall–Kier alpha value is -0.860. The average molecular weight is 495 g/mol. The lowest BCUT2D eigenvalue weighted by molar-refractivity contribution is -0.153. The minimum Gasteiger partial charge on any atom is -0.393 e. The maximum atomic E-state index is 12.2. The van der Waals surface area contributed by atoms with Crippen LogP contribution in [0.15, 0.2) is 0 Å². The molecule has 0 aliphatic carbocycles. The predicted octanol–water partition coefficient (Wildman–Crippen LogP) is 10.7. The quantitative estimate of drug-likeness (QED) is 0.0720. The molecule has 0 aromatic heterocycles. The number of carbonyl (C=O) groups is 2. The van der Waals surface area contributed by atoms with Crippen LogP contribution >= 0.6 is 0 Å². The summed E-state index contributed by atoms with van der Waals surface area (Å²) in [6.45, 7) is 4.55. The molecule has 1 saturated heterocycles. The molecule has 1 unspecified atom stereocenters. The van der Waals surface area contributed by atoms with Gasteiger partial charge < -0.3 is 4.74 Å². The monoisotopic (exact) mass is 494 g/mol. The van der Waals surface area contributed by atoms with Crippen LogP contribution in [0.4, 0.5) is 0 Å². The fraction of sp³-hybridized carbons (Fsp3) is 0.938. The van der Waals surface area contributed by atoms with Crippen LogP contribution in [0, 0.1) is 11.8 Å². The lowest BCUT2D eigenvalue weighted by Gasteiger charge is -2.20. The van der Waals surface area contributed by atoms with Crippen molar-refractivity contribution < 1.29 is 14.3 Å². The lowest BCUT2D eigenvalue weighted by Crippen LogP contribution is -2.19. The molecule has 0 aromatic carbocycles. The zero-order chi connectivity index (χ0) is 24.7. The molecule has 0 bridgehead atoms. The summed E-state index contributed by atoms with van der Waals surface area (Å²) >= 11 is 0. The highest BCUT2D eigenvalue weighted by atomic mass is 16.6. The van der Waals surface area contributed by atoms with Crippen LogP contribution in [0.5, 0.6) is 0 Å². The molecule has 0 amide bonds. The first kappa shape index (κ1) is 34.1. The van der Waals surface area contributed by atoms with Gasteiger partial charge in [0.25, 0.3) is 0 Å². The Kier molecular flexibility index (Phi) is 24.2. The number of hydrogen-bond acceptors (Lipinski definition) is 3. The molecular formula is C32H62O3. The van der Waals surface area contributed by atoms with Crippen molar-refractivity contribution in [3.05, 3.63) is 0 Å². The fourth-order valence-electron chi connectivity index (χ4n) is 5.54. The second-order valence-electron chi connectivity index (χ2n) is 11.0. The van der Waals surface area contributed by atoms with E-state index in [2.05, 4.69) is 13.8 Å². The van der Waals surface area contributed by atoms with Gasteiger partial charge in [-0.1, -0.05) is 163 Å². The molecule has 1 aliphatic heterocycles. The molecule has 1 atom stereocenters. The first-order chi connectivity index (χ1) is 16.7. The van der Waals surface area contributed by atoms with Gasteiger partial charge in [-0.2, -0.15) is 0 Å². The van der Waals surface area contributed by atoms with Crippen molar-refractivity contribution in [2.24, 2.45) is 11.8 Å². The zero-order valence-corrected chi connectivity index (χ0v) is 23.1. The number of hydrogen-bond donors (Lipinski definition) is 0. The summed E-state index contributed by atoms with van der Waals surface area (Å²) in [5.41, 5.74) is 0. The Morgan fingerprint density at radius 2 is 0.886 bits per heavy atom. The fourth-order valence-corrected chi connectivity index (χ4v) is 5.54. The molecule has 3 nitrogen and oxygen atoms in total. The maximum Gasteiger partial charge on any atom is 0.317 e. The first-order valence-electron chi connectivity index (χ1n) is 15.4. The van der Waals surface area contributed by atoms with Gasteiger partial charge in [0.2, 0.25) is 0 Å². The van der Waals surface area contributed by atoms with Crippen LogP contribution in [-0.4, -0.2) is 11.9 Å². The van der Waals surface area contributed by atoms with Gasteiger partial charge in [0.1, 0.15) is 0 Å². The molecule has 1 heterocycles. The molecule has 208 valence electrons. The Morgan fingerprint density at radius 1 is 0.571 bits per heavy atom. The minimum atomic E-state index is -0.308. The van der Waals surface area contributed by atoms with E-state index >= 15 is 0 Å². The number of cyclic esters (lactones) is 2. The maximum absolute atomic E-state index is 12.2. The van der Waals surface area contributed by atoms with Gasteiger partial charge in [0.05, 0.1) is 12.3 Å². The normalized spacial score (nSPS) is 15.6. The summed E-state index contributed by atoms with van der Waals surface area (Å²) < 4.78 is 4.89. The van der Waals surface area contributed by atoms with Gasteiger partial charge in [-0.05, 0) is 18.8 Å². The van der Waals surface area contributed by atoms with E-state index in [9.17, 15) is 9.59 Å². The molecule has 1 rings (SSSR count). The Balaban J connectivity index is 0.0000116. The van der Waals surface area contributed by atoms with Crippen LogP contribution in [0.1, 0.15) is 182 Å². The van der Waals surface area contributed by atoms with Crippen molar-refractivity contribution in [3.63, 3.8) is 0 Å². The number of ether oxygens (including phenoxy) is 1. The summed E-state index contributed by atoms with van der Waals surface area (Å²) in [6.07, 6.45) is 32.1. The second-order valence-corrected chi connectivity index (χ2v) is 11.0. The summed E-state index contributed by atoms with van der Waals surface area (Å²) in [7, 11) is 0. The summed E-state index contributed by atoms with van der Waals surface area (Å²) in [5, 5.41) is 0. The predicted molar refractivity (Wildman–Crippen MR) is 152 cm³/mol. The first-order valence-corrected chi connectivity index (χ1v) is 15.4.